The number of ether oxygens (including phenoxy) is 5. The molecule has 1 N–H and O–H groups in total. The third-order valence-corrected chi connectivity index (χ3v) is 2.31. The number of hydrogen-bond acceptors (Lipinski definition) is 8. The van der Waals surface area contributed by atoms with E-state index < -0.39 is 0 Å². The van der Waals surface area contributed by atoms with Gasteiger partial charge in [-0.15, -0.1) is 0 Å². The van der Waals surface area contributed by atoms with E-state index in [0.717, 1.165) is 0 Å². The van der Waals surface area contributed by atoms with Gasteiger partial charge < -0.3 is 23.7 Å². The van der Waals surface area contributed by atoms with Gasteiger partial charge in [-0.1, -0.05) is 28.7 Å². The van der Waals surface area contributed by atoms with Crippen LogP contribution in [0.1, 0.15) is 70.2 Å². The molecular weight excluding hydrogens is 366 g/mol. The van der Waals surface area contributed by atoms with Gasteiger partial charge in [0, 0.05) is 0 Å². The zero-order valence-corrected chi connectivity index (χ0v) is 17.9. The minimum absolute atomic E-state index is 0. The molecule has 0 fully saturated rings. The maximum absolute atomic E-state index is 5.24. The Morgan fingerprint density at radius 1 is 0.571 bits per heavy atom. The zero-order chi connectivity index (χ0) is 20.2. The van der Waals surface area contributed by atoms with Crippen molar-refractivity contribution in [2.45, 2.75) is 88.6 Å². The van der Waals surface area contributed by atoms with Gasteiger partial charge in [0.25, 0.3) is 0 Å². The van der Waals surface area contributed by atoms with E-state index >= 15 is 0 Å². The Morgan fingerprint density at radius 2 is 1.07 bits per heavy atom. The molecule has 0 bridgehead atoms. The largest absolute Gasteiger partial charge is 0.364 e. The standard InChI is InChI=1S/C9H21NO3.C9H20O4.2CH4/c1-8(2)12-6-10-5-11-7-13-9(3)4;1-8(2)5-12-13-7-10-6-11-9(3)4;;/h8-10H,5-7H2,1-4H3;8-9H,5-7H2,1-4H3;2*1H4. The van der Waals surface area contributed by atoms with E-state index in [2.05, 4.69) is 5.32 Å². The quantitative estimate of drug-likeness (QED) is 0.170. The Kier molecular flexibility index (Phi) is 33.5. The van der Waals surface area contributed by atoms with Gasteiger partial charge in [-0.25, -0.2) is 9.78 Å². The number of rotatable bonds is 16. The van der Waals surface area contributed by atoms with Gasteiger partial charge in [-0.2, -0.15) is 0 Å². The molecule has 0 unspecified atom stereocenters. The minimum Gasteiger partial charge on any atom is -0.364 e. The summed E-state index contributed by atoms with van der Waals surface area (Å²) in [6, 6.07) is 0. The third-order valence-electron chi connectivity index (χ3n) is 2.31. The summed E-state index contributed by atoms with van der Waals surface area (Å²) < 4.78 is 25.6. The summed E-state index contributed by atoms with van der Waals surface area (Å²) in [4.78, 5) is 9.55. The molecule has 0 rings (SSSR count). The van der Waals surface area contributed by atoms with E-state index in [-0.39, 0.29) is 46.8 Å². The fraction of sp³-hybridized carbons (Fsp3) is 1.00. The summed E-state index contributed by atoms with van der Waals surface area (Å²) >= 11 is 0. The summed E-state index contributed by atoms with van der Waals surface area (Å²) in [5.41, 5.74) is 0. The molecule has 0 radical (unpaired) electrons. The predicted molar refractivity (Wildman–Crippen MR) is 114 cm³/mol. The minimum atomic E-state index is 0. The smallest absolute Gasteiger partial charge is 0.183 e. The summed E-state index contributed by atoms with van der Waals surface area (Å²) in [5, 5.41) is 2.97. The van der Waals surface area contributed by atoms with Gasteiger partial charge in [-0.05, 0) is 47.5 Å². The fourth-order valence-electron chi connectivity index (χ4n) is 1.04. The first-order valence-corrected chi connectivity index (χ1v) is 9.21. The molecule has 0 aliphatic carbocycles. The first kappa shape index (κ1) is 35.1. The molecule has 8 nitrogen and oxygen atoms in total. The topological polar surface area (TPSA) is 76.6 Å². The Labute approximate surface area is 174 Å². The average Bonchev–Trinajstić information content (AvgIpc) is 2.52. The van der Waals surface area contributed by atoms with E-state index in [1.54, 1.807) is 0 Å². The summed E-state index contributed by atoms with van der Waals surface area (Å²) in [5.74, 6) is 0.465. The molecule has 0 amide bonds. The second-order valence-electron chi connectivity index (χ2n) is 6.74. The summed E-state index contributed by atoms with van der Waals surface area (Å²) in [6.07, 6.45) is 0.642. The molecule has 0 aromatic carbocycles. The molecule has 0 aromatic rings. The van der Waals surface area contributed by atoms with Crippen LogP contribution in [-0.4, -0.2) is 58.8 Å². The van der Waals surface area contributed by atoms with Crippen LogP contribution < -0.4 is 5.32 Å². The molecule has 28 heavy (non-hydrogen) atoms. The van der Waals surface area contributed by atoms with Crippen LogP contribution in [0, 0.1) is 5.92 Å². The van der Waals surface area contributed by atoms with Gasteiger partial charge >= 0.3 is 0 Å². The highest BCUT2D eigenvalue weighted by atomic mass is 17.2. The SMILES string of the molecule is C.C.CC(C)COOCOCOC(C)C.CC(C)OCNCOCOC(C)C. The van der Waals surface area contributed by atoms with E-state index in [4.69, 9.17) is 33.5 Å². The van der Waals surface area contributed by atoms with Crippen LogP contribution in [0.2, 0.25) is 0 Å². The molecular formula is C20H49NO7. The molecule has 0 atom stereocenters. The first-order chi connectivity index (χ1) is 12.3. The van der Waals surface area contributed by atoms with Crippen molar-refractivity contribution < 1.29 is 33.5 Å². The second-order valence-corrected chi connectivity index (χ2v) is 6.74. The van der Waals surface area contributed by atoms with Crippen molar-refractivity contribution in [3.8, 4) is 0 Å². The molecule has 0 saturated carbocycles. The maximum atomic E-state index is 5.24. The Bertz CT molecular complexity index is 215. The van der Waals surface area contributed by atoms with Crippen LogP contribution >= 0.6 is 0 Å². The van der Waals surface area contributed by atoms with Crippen molar-refractivity contribution in [3.63, 3.8) is 0 Å². The number of hydrogen-bond donors (Lipinski definition) is 1. The molecule has 0 aromatic heterocycles. The van der Waals surface area contributed by atoms with Crippen molar-refractivity contribution >= 4 is 0 Å². The van der Waals surface area contributed by atoms with Crippen LogP contribution in [0.25, 0.3) is 0 Å². The highest BCUT2D eigenvalue weighted by Gasteiger charge is 1.96. The molecule has 0 aliphatic rings. The molecule has 0 heterocycles. The first-order valence-electron chi connectivity index (χ1n) is 9.21. The number of nitrogens with one attached hydrogen (secondary N) is 1. The van der Waals surface area contributed by atoms with Crippen LogP contribution in [0.3, 0.4) is 0 Å². The van der Waals surface area contributed by atoms with Gasteiger partial charge in [0.1, 0.15) is 20.3 Å². The van der Waals surface area contributed by atoms with E-state index in [0.29, 0.717) is 32.8 Å². The zero-order valence-electron chi connectivity index (χ0n) is 17.9. The fourth-order valence-corrected chi connectivity index (χ4v) is 1.04. The van der Waals surface area contributed by atoms with Gasteiger partial charge in [-0.3, -0.25) is 5.32 Å². The molecule has 0 spiro atoms. The van der Waals surface area contributed by atoms with Gasteiger partial charge in [0.15, 0.2) is 6.79 Å². The van der Waals surface area contributed by atoms with Crippen molar-refractivity contribution in [1.29, 1.82) is 0 Å². The van der Waals surface area contributed by atoms with Crippen LogP contribution in [0.5, 0.6) is 0 Å². The van der Waals surface area contributed by atoms with Crippen LogP contribution in [-0.2, 0) is 33.5 Å². The van der Waals surface area contributed by atoms with Crippen molar-refractivity contribution in [1.82, 2.24) is 5.32 Å². The predicted octanol–water partition coefficient (Wildman–Crippen LogP) is 4.53. The monoisotopic (exact) mass is 415 g/mol. The van der Waals surface area contributed by atoms with Crippen molar-refractivity contribution in [2.75, 3.05) is 40.4 Å². The maximum Gasteiger partial charge on any atom is 0.183 e. The lowest BCUT2D eigenvalue weighted by atomic mass is 10.2. The summed E-state index contributed by atoms with van der Waals surface area (Å²) in [6.45, 7) is 18.1. The van der Waals surface area contributed by atoms with Gasteiger partial charge in [0.05, 0.1) is 31.6 Å². The normalized spacial score (nSPS) is 10.7. The molecule has 176 valence electrons. The summed E-state index contributed by atoms with van der Waals surface area (Å²) in [7, 11) is 0. The lowest BCUT2D eigenvalue weighted by Gasteiger charge is -2.10. The average molecular weight is 416 g/mol. The molecule has 0 saturated heterocycles. The highest BCUT2D eigenvalue weighted by Crippen LogP contribution is 1.93. The van der Waals surface area contributed by atoms with E-state index in [9.17, 15) is 0 Å². The van der Waals surface area contributed by atoms with Crippen molar-refractivity contribution in [3.05, 3.63) is 0 Å². The highest BCUT2D eigenvalue weighted by molar-refractivity contribution is 4.35. The second kappa shape index (κ2) is 26.7. The Morgan fingerprint density at radius 3 is 1.54 bits per heavy atom. The van der Waals surface area contributed by atoms with E-state index in [1.807, 2.05) is 55.4 Å². The van der Waals surface area contributed by atoms with Gasteiger partial charge in [0.2, 0.25) is 0 Å². The van der Waals surface area contributed by atoms with E-state index in [1.165, 1.54) is 0 Å². The lowest BCUT2D eigenvalue weighted by molar-refractivity contribution is -0.349. The third kappa shape index (κ3) is 40.4. The van der Waals surface area contributed by atoms with Crippen LogP contribution in [0.4, 0.5) is 0 Å². The van der Waals surface area contributed by atoms with Crippen molar-refractivity contribution in [2.24, 2.45) is 5.92 Å². The Hall–Kier alpha value is -0.320. The molecule has 8 heteroatoms. The van der Waals surface area contributed by atoms with Crippen LogP contribution in [0.15, 0.2) is 0 Å². The lowest BCUT2D eigenvalue weighted by Crippen LogP contribution is -2.24. The Balaban J connectivity index is -0.000000192. The molecule has 0 aliphatic heterocycles.